The van der Waals surface area contributed by atoms with Gasteiger partial charge in [-0.2, -0.15) is 0 Å². The largest absolute Gasteiger partial charge is 0.573 e. The van der Waals surface area contributed by atoms with Crippen molar-refractivity contribution in [3.05, 3.63) is 95.6 Å². The summed E-state index contributed by atoms with van der Waals surface area (Å²) < 4.78 is 42.1. The number of aliphatic carboxylic acids is 1. The molecule has 0 saturated carbocycles. The highest BCUT2D eigenvalue weighted by Crippen LogP contribution is 2.40. The van der Waals surface area contributed by atoms with Crippen molar-refractivity contribution in [1.82, 2.24) is 10.3 Å². The van der Waals surface area contributed by atoms with E-state index in [1.54, 1.807) is 36.4 Å². The monoisotopic (exact) mass is 621 g/mol. The maximum absolute atomic E-state index is 12.7. The van der Waals surface area contributed by atoms with Crippen molar-refractivity contribution in [3.63, 3.8) is 0 Å². The van der Waals surface area contributed by atoms with E-state index in [0.29, 0.717) is 28.5 Å². The average Bonchev–Trinajstić information content (AvgIpc) is 3.44. The molecule has 0 bridgehead atoms. The number of anilines is 1. The van der Waals surface area contributed by atoms with Gasteiger partial charge < -0.3 is 20.5 Å². The van der Waals surface area contributed by atoms with Crippen molar-refractivity contribution in [2.24, 2.45) is 0 Å². The minimum atomic E-state index is -4.78. The zero-order chi connectivity index (χ0) is 31.1. The number of carboxylic acid groups (broad SMARTS) is 1. The molecule has 1 heterocycles. The van der Waals surface area contributed by atoms with E-state index in [1.165, 1.54) is 47.4 Å². The molecule has 0 spiro atoms. The standard InChI is InChI=1S/C33H30F3N3O4S/c34-33(35,36)43-27-16-14-24(15-17-27)29-30(25-12-10-23(11-13-25)22-4-2-1-3-5-22)44-32(39-29)38-20-21-6-8-26(9-7-21)31(42)37-19-18-28(40)41/h4,6-17H,1-3,5,18-20H2,(H,37,42)(H,38,39)(H,40,41). The second-order valence-electron chi connectivity index (χ2n) is 10.3. The zero-order valence-corrected chi connectivity index (χ0v) is 24.4. The molecule has 0 aliphatic heterocycles. The molecule has 3 N–H and O–H groups in total. The Hall–Kier alpha value is -4.64. The highest BCUT2D eigenvalue weighted by atomic mass is 32.1. The molecular formula is C33H30F3N3O4S. The van der Waals surface area contributed by atoms with Crippen LogP contribution in [0.15, 0.2) is 78.9 Å². The number of halogens is 3. The lowest BCUT2D eigenvalue weighted by molar-refractivity contribution is -0.274. The molecule has 228 valence electrons. The summed E-state index contributed by atoms with van der Waals surface area (Å²) >= 11 is 1.44. The van der Waals surface area contributed by atoms with Gasteiger partial charge in [-0.15, -0.1) is 13.2 Å². The Morgan fingerprint density at radius 2 is 1.59 bits per heavy atom. The number of carboxylic acids is 1. The van der Waals surface area contributed by atoms with Crippen LogP contribution >= 0.6 is 11.3 Å². The molecule has 0 atom stereocenters. The molecule has 1 amide bonds. The maximum atomic E-state index is 12.7. The lowest BCUT2D eigenvalue weighted by atomic mass is 9.93. The molecule has 44 heavy (non-hydrogen) atoms. The molecule has 7 nitrogen and oxygen atoms in total. The van der Waals surface area contributed by atoms with E-state index in [4.69, 9.17) is 10.1 Å². The third kappa shape index (κ3) is 8.25. The van der Waals surface area contributed by atoms with Gasteiger partial charge in [0.05, 0.1) is 17.0 Å². The Labute approximate surface area is 256 Å². The Bertz CT molecular complexity index is 1630. The van der Waals surface area contributed by atoms with Crippen LogP contribution in [0.5, 0.6) is 5.75 Å². The number of rotatable bonds is 11. The summed E-state index contributed by atoms with van der Waals surface area (Å²) in [7, 11) is 0. The topological polar surface area (TPSA) is 101 Å². The fourth-order valence-electron chi connectivity index (χ4n) is 4.87. The Kier molecular flexibility index (Phi) is 9.64. The van der Waals surface area contributed by atoms with E-state index in [9.17, 15) is 22.8 Å². The van der Waals surface area contributed by atoms with Crippen molar-refractivity contribution in [1.29, 1.82) is 0 Å². The molecule has 0 saturated heterocycles. The number of hydrogen-bond donors (Lipinski definition) is 3. The summed E-state index contributed by atoms with van der Waals surface area (Å²) in [5, 5.41) is 15.3. The fraction of sp³-hybridized carbons (Fsp3) is 0.242. The van der Waals surface area contributed by atoms with Gasteiger partial charge in [-0.25, -0.2) is 4.98 Å². The lowest BCUT2D eigenvalue weighted by Crippen LogP contribution is -2.25. The number of carbonyl (C=O) groups excluding carboxylic acids is 1. The molecular weight excluding hydrogens is 591 g/mol. The first-order valence-corrected chi connectivity index (χ1v) is 15.0. The number of carbonyl (C=O) groups is 2. The number of aromatic nitrogens is 1. The quantitative estimate of drug-likeness (QED) is 0.156. The van der Waals surface area contributed by atoms with E-state index in [0.717, 1.165) is 28.8 Å². The number of nitrogens with one attached hydrogen (secondary N) is 2. The van der Waals surface area contributed by atoms with E-state index < -0.39 is 12.3 Å². The average molecular weight is 622 g/mol. The van der Waals surface area contributed by atoms with E-state index in [-0.39, 0.29) is 24.6 Å². The van der Waals surface area contributed by atoms with Crippen LogP contribution in [-0.2, 0) is 11.3 Å². The third-order valence-electron chi connectivity index (χ3n) is 7.08. The fourth-order valence-corrected chi connectivity index (χ4v) is 5.86. The molecule has 0 unspecified atom stereocenters. The number of thiazole rings is 1. The van der Waals surface area contributed by atoms with Gasteiger partial charge >= 0.3 is 12.3 Å². The number of alkyl halides is 3. The normalized spacial score (nSPS) is 13.2. The number of ether oxygens (including phenoxy) is 1. The Morgan fingerprint density at radius 1 is 0.909 bits per heavy atom. The first-order valence-electron chi connectivity index (χ1n) is 14.1. The SMILES string of the molecule is O=C(O)CCNC(=O)c1ccc(CNc2nc(-c3ccc(OC(F)(F)F)cc3)c(-c3ccc(C4=CCCCC4)cc3)s2)cc1. The summed E-state index contributed by atoms with van der Waals surface area (Å²) in [5.41, 5.74) is 6.07. The van der Waals surface area contributed by atoms with Crippen LogP contribution in [-0.4, -0.2) is 34.9 Å². The Balaban J connectivity index is 1.35. The Morgan fingerprint density at radius 3 is 2.23 bits per heavy atom. The maximum Gasteiger partial charge on any atom is 0.573 e. The summed E-state index contributed by atoms with van der Waals surface area (Å²) in [6, 6.07) is 20.9. The van der Waals surface area contributed by atoms with Crippen molar-refractivity contribution in [2.45, 2.75) is 45.0 Å². The molecule has 11 heteroatoms. The molecule has 1 aliphatic rings. The van der Waals surface area contributed by atoms with Crippen molar-refractivity contribution < 1.29 is 32.6 Å². The van der Waals surface area contributed by atoms with Gasteiger partial charge in [0.15, 0.2) is 5.13 Å². The minimum absolute atomic E-state index is 0.0465. The first-order chi connectivity index (χ1) is 21.1. The number of amides is 1. The highest BCUT2D eigenvalue weighted by Gasteiger charge is 2.31. The van der Waals surface area contributed by atoms with Crippen LogP contribution in [0.25, 0.3) is 27.3 Å². The van der Waals surface area contributed by atoms with Gasteiger partial charge in [0.1, 0.15) is 5.75 Å². The first kappa shape index (κ1) is 30.8. The van der Waals surface area contributed by atoms with Gasteiger partial charge in [-0.1, -0.05) is 53.8 Å². The van der Waals surface area contributed by atoms with Crippen LogP contribution in [0.2, 0.25) is 0 Å². The third-order valence-corrected chi connectivity index (χ3v) is 8.14. The minimum Gasteiger partial charge on any atom is -0.481 e. The summed E-state index contributed by atoms with van der Waals surface area (Å²) in [6.45, 7) is 0.462. The molecule has 5 rings (SSSR count). The zero-order valence-electron chi connectivity index (χ0n) is 23.6. The predicted molar refractivity (Wildman–Crippen MR) is 164 cm³/mol. The van der Waals surface area contributed by atoms with Crippen LogP contribution in [0, 0.1) is 0 Å². The molecule has 0 radical (unpaired) electrons. The predicted octanol–water partition coefficient (Wildman–Crippen LogP) is 8.15. The van der Waals surface area contributed by atoms with Crippen LogP contribution in [0.3, 0.4) is 0 Å². The van der Waals surface area contributed by atoms with E-state index in [1.807, 2.05) is 12.1 Å². The summed E-state index contributed by atoms with van der Waals surface area (Å²) in [5.74, 6) is -1.64. The summed E-state index contributed by atoms with van der Waals surface area (Å²) in [6.07, 6.45) is 1.90. The van der Waals surface area contributed by atoms with Crippen LogP contribution in [0.4, 0.5) is 18.3 Å². The van der Waals surface area contributed by atoms with Gasteiger partial charge in [-0.05, 0) is 84.3 Å². The van der Waals surface area contributed by atoms with E-state index >= 15 is 0 Å². The molecule has 3 aromatic carbocycles. The number of hydrogen-bond acceptors (Lipinski definition) is 6. The smallest absolute Gasteiger partial charge is 0.481 e. The van der Waals surface area contributed by atoms with Gasteiger partial charge in [0.2, 0.25) is 0 Å². The van der Waals surface area contributed by atoms with Crippen molar-refractivity contribution in [2.75, 3.05) is 11.9 Å². The number of allylic oxidation sites excluding steroid dienone is 2. The molecule has 0 fully saturated rings. The molecule has 1 aliphatic carbocycles. The van der Waals surface area contributed by atoms with Crippen molar-refractivity contribution in [3.8, 4) is 27.4 Å². The van der Waals surface area contributed by atoms with E-state index in [2.05, 4.69) is 33.6 Å². The van der Waals surface area contributed by atoms with Crippen molar-refractivity contribution >= 4 is 33.9 Å². The van der Waals surface area contributed by atoms with Gasteiger partial charge in [0.25, 0.3) is 5.91 Å². The number of nitrogens with zero attached hydrogens (tertiary/aromatic N) is 1. The van der Waals surface area contributed by atoms with Crippen LogP contribution < -0.4 is 15.4 Å². The second kappa shape index (κ2) is 13.8. The highest BCUT2D eigenvalue weighted by molar-refractivity contribution is 7.19. The summed E-state index contributed by atoms with van der Waals surface area (Å²) in [4.78, 5) is 28.6. The molecule has 4 aromatic rings. The van der Waals surface area contributed by atoms with Gasteiger partial charge in [0, 0.05) is 24.2 Å². The molecule has 1 aromatic heterocycles. The van der Waals surface area contributed by atoms with Gasteiger partial charge in [-0.3, -0.25) is 9.59 Å². The second-order valence-corrected chi connectivity index (χ2v) is 11.3. The lowest BCUT2D eigenvalue weighted by Gasteiger charge is -2.13. The van der Waals surface area contributed by atoms with Crippen LogP contribution in [0.1, 0.15) is 53.6 Å². The number of benzene rings is 3.